The Balaban J connectivity index is 2.35. The molecule has 0 bridgehead atoms. The zero-order chi connectivity index (χ0) is 11.1. The molecule has 0 aliphatic heterocycles. The number of rotatable bonds is 7. The molecule has 3 nitrogen and oxygen atoms in total. The molecular weight excluding hydrogens is 206 g/mol. The maximum atomic E-state index is 5.88. The molecule has 1 atom stereocenters. The molecule has 0 radical (unpaired) electrons. The minimum atomic E-state index is 0.248. The van der Waals surface area contributed by atoms with Crippen LogP contribution in [-0.2, 0) is 13.0 Å². The molecule has 0 spiro atoms. The fourth-order valence-electron chi connectivity index (χ4n) is 1.36. The molecule has 1 aromatic heterocycles. The first-order chi connectivity index (χ1) is 7.26. The second-order valence-electron chi connectivity index (χ2n) is 3.67. The third-order valence-corrected chi connectivity index (χ3v) is 3.26. The molecule has 1 heterocycles. The molecule has 86 valence electrons. The van der Waals surface area contributed by atoms with E-state index in [1.807, 2.05) is 18.1 Å². The summed E-state index contributed by atoms with van der Waals surface area (Å²) in [4.78, 5) is 4.36. The van der Waals surface area contributed by atoms with Crippen LogP contribution in [0.5, 0.6) is 0 Å². The zero-order valence-electron chi connectivity index (χ0n) is 9.65. The molecular formula is C11H21N3S. The fourth-order valence-corrected chi connectivity index (χ4v) is 1.99. The van der Waals surface area contributed by atoms with Crippen molar-refractivity contribution in [2.75, 3.05) is 11.5 Å². The van der Waals surface area contributed by atoms with Gasteiger partial charge in [0, 0.05) is 31.0 Å². The van der Waals surface area contributed by atoms with Crippen LogP contribution < -0.4 is 5.73 Å². The van der Waals surface area contributed by atoms with Crippen LogP contribution in [0, 0.1) is 0 Å². The summed E-state index contributed by atoms with van der Waals surface area (Å²) < 4.78 is 2.15. The Hall–Kier alpha value is -0.480. The smallest absolute Gasteiger partial charge is 0.0949 e. The van der Waals surface area contributed by atoms with E-state index in [1.54, 1.807) is 0 Å². The SMILES string of the molecule is CCSCCn1cnc(CC(N)CC)c1. The van der Waals surface area contributed by atoms with Crippen molar-refractivity contribution in [2.45, 2.75) is 39.3 Å². The molecule has 15 heavy (non-hydrogen) atoms. The van der Waals surface area contributed by atoms with Crippen molar-refractivity contribution in [2.24, 2.45) is 5.73 Å². The average molecular weight is 227 g/mol. The van der Waals surface area contributed by atoms with Crippen LogP contribution >= 0.6 is 11.8 Å². The van der Waals surface area contributed by atoms with Gasteiger partial charge >= 0.3 is 0 Å². The summed E-state index contributed by atoms with van der Waals surface area (Å²) in [6.07, 6.45) is 5.93. The van der Waals surface area contributed by atoms with Gasteiger partial charge in [0.1, 0.15) is 0 Å². The van der Waals surface area contributed by atoms with Gasteiger partial charge in [0.25, 0.3) is 0 Å². The van der Waals surface area contributed by atoms with Gasteiger partial charge in [-0.25, -0.2) is 4.98 Å². The number of aryl methyl sites for hydroxylation is 1. The van der Waals surface area contributed by atoms with Gasteiger partial charge in [-0.3, -0.25) is 0 Å². The van der Waals surface area contributed by atoms with Crippen molar-refractivity contribution in [3.05, 3.63) is 18.2 Å². The molecule has 1 aromatic rings. The number of imidazole rings is 1. The lowest BCUT2D eigenvalue weighted by Gasteiger charge is -2.04. The summed E-state index contributed by atoms with van der Waals surface area (Å²) in [6.45, 7) is 5.34. The van der Waals surface area contributed by atoms with Gasteiger partial charge < -0.3 is 10.3 Å². The third kappa shape index (κ3) is 4.71. The molecule has 0 saturated heterocycles. The van der Waals surface area contributed by atoms with E-state index in [1.165, 1.54) is 5.75 Å². The Morgan fingerprint density at radius 1 is 1.53 bits per heavy atom. The summed E-state index contributed by atoms with van der Waals surface area (Å²) in [5, 5.41) is 0. The van der Waals surface area contributed by atoms with Crippen molar-refractivity contribution in [3.63, 3.8) is 0 Å². The highest BCUT2D eigenvalue weighted by molar-refractivity contribution is 7.99. The first kappa shape index (κ1) is 12.6. The quantitative estimate of drug-likeness (QED) is 0.724. The Morgan fingerprint density at radius 2 is 2.33 bits per heavy atom. The Bertz CT molecular complexity index is 273. The van der Waals surface area contributed by atoms with Crippen LogP contribution in [0.15, 0.2) is 12.5 Å². The molecule has 0 aromatic carbocycles. The normalized spacial score (nSPS) is 13.0. The number of nitrogens with zero attached hydrogens (tertiary/aromatic N) is 2. The lowest BCUT2D eigenvalue weighted by molar-refractivity contribution is 0.637. The highest BCUT2D eigenvalue weighted by Gasteiger charge is 2.04. The van der Waals surface area contributed by atoms with Gasteiger partial charge in [0.05, 0.1) is 12.0 Å². The van der Waals surface area contributed by atoms with E-state index in [2.05, 4.69) is 29.6 Å². The lowest BCUT2D eigenvalue weighted by Crippen LogP contribution is -2.21. The van der Waals surface area contributed by atoms with Crippen LogP contribution in [0.4, 0.5) is 0 Å². The number of aromatic nitrogens is 2. The maximum Gasteiger partial charge on any atom is 0.0949 e. The van der Waals surface area contributed by atoms with E-state index in [9.17, 15) is 0 Å². The van der Waals surface area contributed by atoms with Crippen molar-refractivity contribution >= 4 is 11.8 Å². The average Bonchev–Trinajstić information content (AvgIpc) is 2.66. The zero-order valence-corrected chi connectivity index (χ0v) is 10.5. The van der Waals surface area contributed by atoms with Gasteiger partial charge in [0.15, 0.2) is 0 Å². The van der Waals surface area contributed by atoms with Gasteiger partial charge in [0.2, 0.25) is 0 Å². The summed E-state index contributed by atoms with van der Waals surface area (Å²) in [6, 6.07) is 0.248. The van der Waals surface area contributed by atoms with Gasteiger partial charge in [-0.2, -0.15) is 11.8 Å². The van der Waals surface area contributed by atoms with Crippen LogP contribution in [0.1, 0.15) is 26.0 Å². The molecule has 0 amide bonds. The largest absolute Gasteiger partial charge is 0.336 e. The van der Waals surface area contributed by atoms with Crippen LogP contribution in [0.25, 0.3) is 0 Å². The van der Waals surface area contributed by atoms with Gasteiger partial charge in [-0.05, 0) is 12.2 Å². The standard InChI is InChI=1S/C11H21N3S/c1-3-10(12)7-11-8-14(9-13-11)5-6-15-4-2/h8-10H,3-7,12H2,1-2H3. The Labute approximate surface area is 96.5 Å². The van der Waals surface area contributed by atoms with Crippen molar-refractivity contribution < 1.29 is 0 Å². The Kier molecular flexibility index (Phi) is 5.79. The minimum absolute atomic E-state index is 0.248. The van der Waals surface area contributed by atoms with E-state index in [0.717, 1.165) is 30.8 Å². The topological polar surface area (TPSA) is 43.8 Å². The second kappa shape index (κ2) is 6.90. The summed E-state index contributed by atoms with van der Waals surface area (Å²) in [5.74, 6) is 2.34. The van der Waals surface area contributed by atoms with E-state index in [0.29, 0.717) is 0 Å². The molecule has 0 aliphatic carbocycles. The van der Waals surface area contributed by atoms with Crippen LogP contribution in [-0.4, -0.2) is 27.1 Å². The van der Waals surface area contributed by atoms with Crippen molar-refractivity contribution in [1.82, 2.24) is 9.55 Å². The van der Waals surface area contributed by atoms with E-state index < -0.39 is 0 Å². The third-order valence-electron chi connectivity index (χ3n) is 2.38. The minimum Gasteiger partial charge on any atom is -0.336 e. The van der Waals surface area contributed by atoms with Gasteiger partial charge in [-0.15, -0.1) is 0 Å². The van der Waals surface area contributed by atoms with E-state index in [-0.39, 0.29) is 6.04 Å². The maximum absolute atomic E-state index is 5.88. The fraction of sp³-hybridized carbons (Fsp3) is 0.727. The predicted octanol–water partition coefficient (Wildman–Crippen LogP) is 1.92. The summed E-state index contributed by atoms with van der Waals surface area (Å²) in [5.41, 5.74) is 7.00. The van der Waals surface area contributed by atoms with Crippen LogP contribution in [0.2, 0.25) is 0 Å². The monoisotopic (exact) mass is 227 g/mol. The summed E-state index contributed by atoms with van der Waals surface area (Å²) >= 11 is 1.96. The van der Waals surface area contributed by atoms with Crippen molar-refractivity contribution in [3.8, 4) is 0 Å². The number of thioether (sulfide) groups is 1. The number of nitrogens with two attached hydrogens (primary N) is 1. The molecule has 0 fully saturated rings. The molecule has 4 heteroatoms. The van der Waals surface area contributed by atoms with Crippen molar-refractivity contribution in [1.29, 1.82) is 0 Å². The summed E-state index contributed by atoms with van der Waals surface area (Å²) in [7, 11) is 0. The number of hydrogen-bond acceptors (Lipinski definition) is 3. The predicted molar refractivity (Wildman–Crippen MR) is 67.2 cm³/mol. The molecule has 0 saturated carbocycles. The highest BCUT2D eigenvalue weighted by Crippen LogP contribution is 2.04. The molecule has 1 unspecified atom stereocenters. The first-order valence-corrected chi connectivity index (χ1v) is 6.75. The molecule has 0 aliphatic rings. The molecule has 1 rings (SSSR count). The van der Waals surface area contributed by atoms with E-state index in [4.69, 9.17) is 5.73 Å². The first-order valence-electron chi connectivity index (χ1n) is 5.60. The van der Waals surface area contributed by atoms with Gasteiger partial charge in [-0.1, -0.05) is 13.8 Å². The molecule has 2 N–H and O–H groups in total. The number of hydrogen-bond donors (Lipinski definition) is 1. The second-order valence-corrected chi connectivity index (χ2v) is 5.07. The lowest BCUT2D eigenvalue weighted by atomic mass is 10.1. The highest BCUT2D eigenvalue weighted by atomic mass is 32.2. The van der Waals surface area contributed by atoms with E-state index >= 15 is 0 Å². The van der Waals surface area contributed by atoms with Crippen LogP contribution in [0.3, 0.4) is 0 Å². The Morgan fingerprint density at radius 3 is 3.00 bits per heavy atom.